The van der Waals surface area contributed by atoms with Crippen LogP contribution in [0.4, 0.5) is 0 Å². The van der Waals surface area contributed by atoms with Crippen LogP contribution in [0.2, 0.25) is 0 Å². The van der Waals surface area contributed by atoms with E-state index in [1.807, 2.05) is 7.05 Å². The number of carbonyl (C=O) groups is 1. The van der Waals surface area contributed by atoms with Gasteiger partial charge in [0.2, 0.25) is 0 Å². The Labute approximate surface area is 123 Å². The Morgan fingerprint density at radius 1 is 1.47 bits per heavy atom. The van der Waals surface area contributed by atoms with Gasteiger partial charge in [-0.25, -0.2) is 0 Å². The number of hydrogen-bond donors (Lipinski definition) is 1. The summed E-state index contributed by atoms with van der Waals surface area (Å²) in [6, 6.07) is 0. The molecule has 108 valence electrons. The Bertz CT molecular complexity index is 440. The molecule has 0 aliphatic rings. The second-order valence-electron chi connectivity index (χ2n) is 5.39. The molecule has 1 heterocycles. The van der Waals surface area contributed by atoms with Crippen molar-refractivity contribution in [1.29, 1.82) is 0 Å². The third-order valence-corrected chi connectivity index (χ3v) is 4.26. The van der Waals surface area contributed by atoms with Crippen molar-refractivity contribution in [3.63, 3.8) is 0 Å². The predicted molar refractivity (Wildman–Crippen MR) is 81.0 cm³/mol. The van der Waals surface area contributed by atoms with Gasteiger partial charge in [-0.15, -0.1) is 0 Å². The Morgan fingerprint density at radius 3 is 2.53 bits per heavy atom. The van der Waals surface area contributed by atoms with E-state index < -0.39 is 0 Å². The molecule has 0 aromatic carbocycles. The Kier molecular flexibility index (Phi) is 6.20. The second kappa shape index (κ2) is 7.20. The molecule has 0 saturated carbocycles. The summed E-state index contributed by atoms with van der Waals surface area (Å²) in [6.07, 6.45) is 2.11. The molecular weight excluding hydrogens is 306 g/mol. The van der Waals surface area contributed by atoms with Crippen molar-refractivity contribution in [2.24, 2.45) is 24.6 Å². The molecule has 2 N–H and O–H groups in total. The predicted octanol–water partition coefficient (Wildman–Crippen LogP) is 2.48. The number of rotatable bonds is 7. The minimum absolute atomic E-state index is 0.0492. The first kappa shape index (κ1) is 16.4. The second-order valence-corrected chi connectivity index (χ2v) is 6.18. The van der Waals surface area contributed by atoms with Crippen LogP contribution in [0.3, 0.4) is 0 Å². The lowest BCUT2D eigenvalue weighted by Gasteiger charge is -2.16. The molecule has 0 amide bonds. The van der Waals surface area contributed by atoms with Gasteiger partial charge in [-0.2, -0.15) is 5.10 Å². The number of aryl methyl sites for hydroxylation is 2. The van der Waals surface area contributed by atoms with E-state index in [1.165, 1.54) is 0 Å². The van der Waals surface area contributed by atoms with E-state index in [-0.39, 0.29) is 11.7 Å². The zero-order valence-corrected chi connectivity index (χ0v) is 13.8. The van der Waals surface area contributed by atoms with Crippen LogP contribution in [0.5, 0.6) is 0 Å². The van der Waals surface area contributed by atoms with Gasteiger partial charge in [-0.3, -0.25) is 9.48 Å². The standard InChI is InChI=1S/C14H24BrN3O/c1-5-11-14(15)12(18(4)17-11)7-13(19)10(8-16)6-9(2)3/h9-10H,5-8,16H2,1-4H3. The smallest absolute Gasteiger partial charge is 0.143 e. The molecule has 5 heteroatoms. The highest BCUT2D eigenvalue weighted by Gasteiger charge is 2.22. The fourth-order valence-corrected chi connectivity index (χ4v) is 3.01. The van der Waals surface area contributed by atoms with Crippen molar-refractivity contribution < 1.29 is 4.79 Å². The lowest BCUT2D eigenvalue weighted by atomic mass is 9.91. The van der Waals surface area contributed by atoms with Crippen molar-refractivity contribution in [2.75, 3.05) is 6.54 Å². The maximum absolute atomic E-state index is 12.3. The average Bonchev–Trinajstić information content (AvgIpc) is 2.62. The van der Waals surface area contributed by atoms with Crippen LogP contribution in [0.1, 0.15) is 38.6 Å². The highest BCUT2D eigenvalue weighted by atomic mass is 79.9. The van der Waals surface area contributed by atoms with Crippen LogP contribution in [0.15, 0.2) is 4.47 Å². The number of ketones is 1. The molecule has 0 bridgehead atoms. The Hall–Kier alpha value is -0.680. The van der Waals surface area contributed by atoms with Crippen molar-refractivity contribution in [2.45, 2.75) is 40.0 Å². The van der Waals surface area contributed by atoms with E-state index in [2.05, 4.69) is 41.8 Å². The van der Waals surface area contributed by atoms with Gasteiger partial charge in [-0.1, -0.05) is 20.8 Å². The fraction of sp³-hybridized carbons (Fsp3) is 0.714. The summed E-state index contributed by atoms with van der Waals surface area (Å²) in [7, 11) is 1.88. The topological polar surface area (TPSA) is 60.9 Å². The molecule has 1 unspecified atom stereocenters. The largest absolute Gasteiger partial charge is 0.330 e. The zero-order valence-electron chi connectivity index (χ0n) is 12.2. The number of aromatic nitrogens is 2. The maximum Gasteiger partial charge on any atom is 0.143 e. The van der Waals surface area contributed by atoms with E-state index in [0.717, 1.165) is 28.7 Å². The van der Waals surface area contributed by atoms with Crippen LogP contribution in [-0.4, -0.2) is 22.1 Å². The summed E-state index contributed by atoms with van der Waals surface area (Å²) in [6.45, 7) is 6.71. The summed E-state index contributed by atoms with van der Waals surface area (Å²) in [5.41, 5.74) is 7.67. The highest BCUT2D eigenvalue weighted by molar-refractivity contribution is 9.10. The first-order valence-corrected chi connectivity index (χ1v) is 7.62. The van der Waals surface area contributed by atoms with Crippen LogP contribution >= 0.6 is 15.9 Å². The van der Waals surface area contributed by atoms with Crippen molar-refractivity contribution >= 4 is 21.7 Å². The summed E-state index contributed by atoms with van der Waals surface area (Å²) in [4.78, 5) is 12.3. The minimum atomic E-state index is -0.0492. The number of nitrogens with two attached hydrogens (primary N) is 1. The molecule has 0 fully saturated rings. The molecule has 0 saturated heterocycles. The lowest BCUT2D eigenvalue weighted by molar-refractivity contribution is -0.122. The van der Waals surface area contributed by atoms with Crippen LogP contribution < -0.4 is 5.73 Å². The van der Waals surface area contributed by atoms with Gasteiger partial charge in [0, 0.05) is 25.9 Å². The average molecular weight is 330 g/mol. The maximum atomic E-state index is 12.3. The van der Waals surface area contributed by atoms with Gasteiger partial charge in [0.1, 0.15) is 5.78 Å². The monoisotopic (exact) mass is 329 g/mol. The van der Waals surface area contributed by atoms with Crippen LogP contribution in [-0.2, 0) is 24.7 Å². The molecule has 1 aromatic heterocycles. The Balaban J connectivity index is 2.84. The molecule has 0 spiro atoms. The highest BCUT2D eigenvalue weighted by Crippen LogP contribution is 2.23. The molecule has 1 rings (SSSR count). The van der Waals surface area contributed by atoms with Crippen molar-refractivity contribution in [1.82, 2.24) is 9.78 Å². The quantitative estimate of drug-likeness (QED) is 0.835. The summed E-state index contributed by atoms with van der Waals surface area (Å²) < 4.78 is 2.76. The van der Waals surface area contributed by atoms with E-state index in [9.17, 15) is 4.79 Å². The number of nitrogens with zero attached hydrogens (tertiary/aromatic N) is 2. The molecule has 1 atom stereocenters. The van der Waals surface area contributed by atoms with Crippen molar-refractivity contribution in [3.8, 4) is 0 Å². The van der Waals surface area contributed by atoms with E-state index in [4.69, 9.17) is 5.73 Å². The van der Waals surface area contributed by atoms with Crippen LogP contribution in [0, 0.1) is 11.8 Å². The molecule has 0 aliphatic heterocycles. The van der Waals surface area contributed by atoms with Gasteiger partial charge < -0.3 is 5.73 Å². The molecular formula is C14H24BrN3O. The van der Waals surface area contributed by atoms with Gasteiger partial charge >= 0.3 is 0 Å². The SMILES string of the molecule is CCc1nn(C)c(CC(=O)C(CN)CC(C)C)c1Br. The molecule has 1 aromatic rings. The zero-order chi connectivity index (χ0) is 14.6. The van der Waals surface area contributed by atoms with Crippen molar-refractivity contribution in [3.05, 3.63) is 15.9 Å². The molecule has 4 nitrogen and oxygen atoms in total. The first-order valence-electron chi connectivity index (χ1n) is 6.83. The summed E-state index contributed by atoms with van der Waals surface area (Å²) >= 11 is 3.55. The molecule has 19 heavy (non-hydrogen) atoms. The van der Waals surface area contributed by atoms with Crippen LogP contribution in [0.25, 0.3) is 0 Å². The molecule has 0 aliphatic carbocycles. The normalized spacial score (nSPS) is 13.0. The summed E-state index contributed by atoms with van der Waals surface area (Å²) in [5, 5.41) is 4.41. The number of carbonyl (C=O) groups excluding carboxylic acids is 1. The lowest BCUT2D eigenvalue weighted by Crippen LogP contribution is -2.27. The Morgan fingerprint density at radius 2 is 2.11 bits per heavy atom. The van der Waals surface area contributed by atoms with E-state index >= 15 is 0 Å². The minimum Gasteiger partial charge on any atom is -0.330 e. The summed E-state index contributed by atoms with van der Waals surface area (Å²) in [5.74, 6) is 0.646. The van der Waals surface area contributed by atoms with Gasteiger partial charge in [0.25, 0.3) is 0 Å². The van der Waals surface area contributed by atoms with Gasteiger partial charge in [0.15, 0.2) is 0 Å². The molecule has 0 radical (unpaired) electrons. The van der Waals surface area contributed by atoms with Gasteiger partial charge in [0.05, 0.1) is 15.9 Å². The third kappa shape index (κ3) is 4.14. The first-order chi connectivity index (χ1) is 8.90. The third-order valence-electron chi connectivity index (χ3n) is 3.34. The van der Waals surface area contributed by atoms with E-state index in [1.54, 1.807) is 4.68 Å². The van der Waals surface area contributed by atoms with E-state index in [0.29, 0.717) is 18.9 Å². The van der Waals surface area contributed by atoms with Gasteiger partial charge in [-0.05, 0) is 34.7 Å². The fourth-order valence-electron chi connectivity index (χ4n) is 2.25. The number of halogens is 1. The number of hydrogen-bond acceptors (Lipinski definition) is 3. The number of Topliss-reactive ketones (excluding diaryl/α,β-unsaturated/α-hetero) is 1.